The minimum absolute atomic E-state index is 0.157. The first kappa shape index (κ1) is 11.6. The third-order valence-corrected chi connectivity index (χ3v) is 3.09. The Balaban J connectivity index is 2.43. The lowest BCUT2D eigenvalue weighted by Gasteiger charge is -2.05. The minimum Gasteiger partial charge on any atom is -0.353 e. The molecule has 0 saturated heterocycles. The van der Waals surface area contributed by atoms with E-state index in [0.717, 1.165) is 5.56 Å². The van der Waals surface area contributed by atoms with Crippen LogP contribution in [-0.2, 0) is 6.54 Å². The van der Waals surface area contributed by atoms with Crippen molar-refractivity contribution in [2.45, 2.75) is 20.4 Å². The van der Waals surface area contributed by atoms with Crippen LogP contribution in [0, 0.1) is 6.92 Å². The summed E-state index contributed by atoms with van der Waals surface area (Å²) < 4.78 is 6.73. The van der Waals surface area contributed by atoms with E-state index in [1.807, 2.05) is 37.3 Å². The molecule has 3 aromatic rings. The van der Waals surface area contributed by atoms with E-state index in [9.17, 15) is 4.79 Å². The van der Waals surface area contributed by atoms with Gasteiger partial charge in [0.05, 0.1) is 5.69 Å². The summed E-state index contributed by atoms with van der Waals surface area (Å²) in [5.74, 6) is 0. The average molecular weight is 255 g/mol. The lowest BCUT2D eigenvalue weighted by molar-refractivity contribution is 0.449. The topological polar surface area (TPSA) is 60.9 Å². The molecule has 0 radical (unpaired) electrons. The van der Waals surface area contributed by atoms with Crippen LogP contribution in [0.4, 0.5) is 0 Å². The quantitative estimate of drug-likeness (QED) is 0.705. The standard InChI is InChI=1S/C14H13N3O2/c1-3-17-14(18)11-9(2)16-19-13(11)12(15-17)10-7-5-4-6-8-10/h4-8H,3H2,1-2H3. The number of nitrogens with zero attached hydrogens (tertiary/aromatic N) is 3. The summed E-state index contributed by atoms with van der Waals surface area (Å²) in [7, 11) is 0. The molecule has 0 N–H and O–H groups in total. The van der Waals surface area contributed by atoms with Crippen molar-refractivity contribution in [2.24, 2.45) is 0 Å². The van der Waals surface area contributed by atoms with Crippen molar-refractivity contribution >= 4 is 11.0 Å². The van der Waals surface area contributed by atoms with Crippen molar-refractivity contribution < 1.29 is 4.52 Å². The lowest BCUT2D eigenvalue weighted by Crippen LogP contribution is -2.22. The molecule has 0 amide bonds. The first-order valence-electron chi connectivity index (χ1n) is 6.15. The molecule has 0 aliphatic heterocycles. The van der Waals surface area contributed by atoms with Crippen LogP contribution in [0.3, 0.4) is 0 Å². The Kier molecular flexibility index (Phi) is 2.67. The molecule has 96 valence electrons. The van der Waals surface area contributed by atoms with Crippen molar-refractivity contribution in [1.82, 2.24) is 14.9 Å². The van der Waals surface area contributed by atoms with E-state index in [-0.39, 0.29) is 5.56 Å². The van der Waals surface area contributed by atoms with E-state index < -0.39 is 0 Å². The molecule has 1 aromatic carbocycles. The van der Waals surface area contributed by atoms with Crippen LogP contribution in [0.5, 0.6) is 0 Å². The summed E-state index contributed by atoms with van der Waals surface area (Å²) in [6, 6.07) is 9.65. The van der Waals surface area contributed by atoms with Crippen molar-refractivity contribution in [3.63, 3.8) is 0 Å². The number of rotatable bonds is 2. The molecule has 2 heterocycles. The predicted molar refractivity (Wildman–Crippen MR) is 71.9 cm³/mol. The molecule has 5 nitrogen and oxygen atoms in total. The maximum atomic E-state index is 12.2. The molecule has 0 spiro atoms. The molecule has 0 saturated carbocycles. The summed E-state index contributed by atoms with van der Waals surface area (Å²) in [5.41, 5.74) is 2.46. The summed E-state index contributed by atoms with van der Waals surface area (Å²) in [5, 5.41) is 8.77. The van der Waals surface area contributed by atoms with Gasteiger partial charge in [-0.05, 0) is 13.8 Å². The summed E-state index contributed by atoms with van der Waals surface area (Å²) in [6.07, 6.45) is 0. The van der Waals surface area contributed by atoms with Crippen LogP contribution >= 0.6 is 0 Å². The first-order valence-corrected chi connectivity index (χ1v) is 6.15. The molecule has 19 heavy (non-hydrogen) atoms. The van der Waals surface area contributed by atoms with Crippen LogP contribution in [-0.4, -0.2) is 14.9 Å². The Morgan fingerprint density at radius 1 is 1.26 bits per heavy atom. The van der Waals surface area contributed by atoms with E-state index in [4.69, 9.17) is 4.52 Å². The second-order valence-corrected chi connectivity index (χ2v) is 4.31. The van der Waals surface area contributed by atoms with E-state index in [1.165, 1.54) is 4.68 Å². The van der Waals surface area contributed by atoms with Gasteiger partial charge in [0.2, 0.25) is 5.58 Å². The number of hydrogen-bond acceptors (Lipinski definition) is 4. The van der Waals surface area contributed by atoms with Gasteiger partial charge >= 0.3 is 0 Å². The van der Waals surface area contributed by atoms with Gasteiger partial charge in [-0.15, -0.1) is 0 Å². The smallest absolute Gasteiger partial charge is 0.279 e. The van der Waals surface area contributed by atoms with Crippen molar-refractivity contribution in [2.75, 3.05) is 0 Å². The first-order chi connectivity index (χ1) is 9.22. The van der Waals surface area contributed by atoms with Crippen molar-refractivity contribution in [1.29, 1.82) is 0 Å². The molecule has 0 bridgehead atoms. The summed E-state index contributed by atoms with van der Waals surface area (Å²) >= 11 is 0. The fraction of sp³-hybridized carbons (Fsp3) is 0.214. The zero-order chi connectivity index (χ0) is 13.4. The zero-order valence-electron chi connectivity index (χ0n) is 10.8. The molecule has 0 unspecified atom stereocenters. The molecular formula is C14H13N3O2. The maximum absolute atomic E-state index is 12.2. The minimum atomic E-state index is -0.157. The van der Waals surface area contributed by atoms with Gasteiger partial charge in [0, 0.05) is 12.1 Å². The van der Waals surface area contributed by atoms with E-state index in [2.05, 4.69) is 10.3 Å². The van der Waals surface area contributed by atoms with Gasteiger partial charge in [0.15, 0.2) is 0 Å². The maximum Gasteiger partial charge on any atom is 0.279 e. The highest BCUT2D eigenvalue weighted by atomic mass is 16.5. The third kappa shape index (κ3) is 1.74. The van der Waals surface area contributed by atoms with Gasteiger partial charge in [-0.1, -0.05) is 35.5 Å². The number of aryl methyl sites for hydroxylation is 2. The predicted octanol–water partition coefficient (Wildman–Crippen LogP) is 2.38. The Morgan fingerprint density at radius 3 is 2.68 bits per heavy atom. The average Bonchev–Trinajstić information content (AvgIpc) is 2.83. The van der Waals surface area contributed by atoms with Crippen LogP contribution in [0.1, 0.15) is 12.6 Å². The Morgan fingerprint density at radius 2 is 2.00 bits per heavy atom. The van der Waals surface area contributed by atoms with Crippen LogP contribution in [0.25, 0.3) is 22.2 Å². The SMILES string of the molecule is CCn1nc(-c2ccccc2)c2onc(C)c2c1=O. The van der Waals surface area contributed by atoms with E-state index in [1.54, 1.807) is 6.92 Å². The Labute approximate surface area is 109 Å². The van der Waals surface area contributed by atoms with Gasteiger partial charge in [-0.25, -0.2) is 4.68 Å². The molecule has 0 fully saturated rings. The molecule has 0 atom stereocenters. The highest BCUT2D eigenvalue weighted by molar-refractivity contribution is 5.90. The van der Waals surface area contributed by atoms with Crippen LogP contribution in [0.2, 0.25) is 0 Å². The highest BCUT2D eigenvalue weighted by Gasteiger charge is 2.18. The zero-order valence-corrected chi connectivity index (χ0v) is 10.8. The number of benzene rings is 1. The number of fused-ring (bicyclic) bond motifs is 1. The fourth-order valence-corrected chi connectivity index (χ4v) is 2.12. The normalized spacial score (nSPS) is 11.1. The molecule has 2 aromatic heterocycles. The lowest BCUT2D eigenvalue weighted by atomic mass is 10.1. The number of hydrogen-bond donors (Lipinski definition) is 0. The second kappa shape index (κ2) is 4.35. The molecule has 0 aliphatic rings. The molecule has 0 aliphatic carbocycles. The monoisotopic (exact) mass is 255 g/mol. The van der Waals surface area contributed by atoms with Gasteiger partial charge in [0.1, 0.15) is 11.1 Å². The summed E-state index contributed by atoms with van der Waals surface area (Å²) in [6.45, 7) is 4.17. The van der Waals surface area contributed by atoms with Crippen molar-refractivity contribution in [3.05, 3.63) is 46.4 Å². The van der Waals surface area contributed by atoms with Crippen LogP contribution < -0.4 is 5.56 Å². The molecule has 5 heteroatoms. The largest absolute Gasteiger partial charge is 0.353 e. The second-order valence-electron chi connectivity index (χ2n) is 4.31. The van der Waals surface area contributed by atoms with Crippen LogP contribution in [0.15, 0.2) is 39.6 Å². The van der Waals surface area contributed by atoms with Gasteiger partial charge in [0.25, 0.3) is 5.56 Å². The van der Waals surface area contributed by atoms with E-state index >= 15 is 0 Å². The highest BCUT2D eigenvalue weighted by Crippen LogP contribution is 2.25. The van der Waals surface area contributed by atoms with Gasteiger partial charge in [-0.3, -0.25) is 4.79 Å². The van der Waals surface area contributed by atoms with E-state index in [0.29, 0.717) is 28.9 Å². The fourth-order valence-electron chi connectivity index (χ4n) is 2.12. The molecular weight excluding hydrogens is 242 g/mol. The van der Waals surface area contributed by atoms with Crippen molar-refractivity contribution in [3.8, 4) is 11.3 Å². The number of aromatic nitrogens is 3. The Bertz CT molecular complexity index is 788. The third-order valence-electron chi connectivity index (χ3n) is 3.09. The Hall–Kier alpha value is -2.43. The van der Waals surface area contributed by atoms with Gasteiger partial charge < -0.3 is 4.52 Å². The molecule has 3 rings (SSSR count). The summed E-state index contributed by atoms with van der Waals surface area (Å²) in [4.78, 5) is 12.2. The van der Waals surface area contributed by atoms with Gasteiger partial charge in [-0.2, -0.15) is 5.10 Å².